The molecule has 2 aliphatic rings. The molecule has 2 fully saturated rings. The minimum Gasteiger partial charge on any atom is -0.356 e. The zero-order valence-electron chi connectivity index (χ0n) is 14.4. The van der Waals surface area contributed by atoms with Crippen LogP contribution < -0.4 is 10.2 Å². The monoisotopic (exact) mass is 341 g/mol. The van der Waals surface area contributed by atoms with Gasteiger partial charge in [0.25, 0.3) is 0 Å². The predicted octanol–water partition coefficient (Wildman–Crippen LogP) is 2.14. The van der Waals surface area contributed by atoms with Crippen molar-refractivity contribution >= 4 is 11.8 Å². The minimum absolute atomic E-state index is 0.361. The number of piperidine rings is 1. The topological polar surface area (TPSA) is 72.4 Å². The Morgan fingerprint density at radius 3 is 2.72 bits per heavy atom. The van der Waals surface area contributed by atoms with Gasteiger partial charge in [0, 0.05) is 56.6 Å². The molecule has 1 spiro atoms. The maximum atomic E-state index is 5.80. The molecule has 0 unspecified atom stereocenters. The molecule has 2 saturated heterocycles. The molecule has 0 atom stereocenters. The second kappa shape index (κ2) is 6.93. The normalized spacial score (nSPS) is 19.3. The zero-order valence-corrected chi connectivity index (χ0v) is 14.4. The predicted molar refractivity (Wildman–Crippen MR) is 94.4 cm³/mol. The van der Waals surface area contributed by atoms with Crippen molar-refractivity contribution in [2.45, 2.75) is 32.1 Å². The molecule has 7 nitrogen and oxygen atoms in total. The van der Waals surface area contributed by atoms with Gasteiger partial charge in [0.1, 0.15) is 5.82 Å². The number of pyridine rings is 1. The van der Waals surface area contributed by atoms with Gasteiger partial charge in [0.2, 0.25) is 5.95 Å². The lowest BCUT2D eigenvalue weighted by molar-refractivity contribution is -0.169. The number of aromatic nitrogens is 3. The SMILES string of the molecule is Cc1cc(N2CCC3(CC2)OCCO3)nc(NCc2cccnc2)n1. The van der Waals surface area contributed by atoms with Crippen LogP contribution >= 0.6 is 0 Å². The lowest BCUT2D eigenvalue weighted by atomic mass is 10.0. The van der Waals surface area contributed by atoms with Crippen LogP contribution in [0, 0.1) is 6.92 Å². The summed E-state index contributed by atoms with van der Waals surface area (Å²) in [4.78, 5) is 15.6. The van der Waals surface area contributed by atoms with Crippen LogP contribution in [0.1, 0.15) is 24.1 Å². The van der Waals surface area contributed by atoms with E-state index in [1.54, 1.807) is 6.20 Å². The molecule has 4 heterocycles. The molecule has 0 aliphatic carbocycles. The first kappa shape index (κ1) is 16.2. The molecule has 25 heavy (non-hydrogen) atoms. The Hall–Kier alpha value is -2.25. The highest BCUT2D eigenvalue weighted by atomic mass is 16.7. The van der Waals surface area contributed by atoms with E-state index in [0.29, 0.717) is 25.7 Å². The highest BCUT2D eigenvalue weighted by molar-refractivity contribution is 5.45. The summed E-state index contributed by atoms with van der Waals surface area (Å²) in [5.74, 6) is 1.24. The van der Waals surface area contributed by atoms with Crippen LogP contribution in [0.4, 0.5) is 11.8 Å². The number of hydrogen-bond acceptors (Lipinski definition) is 7. The van der Waals surface area contributed by atoms with Gasteiger partial charge >= 0.3 is 0 Å². The summed E-state index contributed by atoms with van der Waals surface area (Å²) in [5.41, 5.74) is 2.05. The Balaban J connectivity index is 1.43. The van der Waals surface area contributed by atoms with E-state index in [4.69, 9.17) is 9.47 Å². The van der Waals surface area contributed by atoms with Gasteiger partial charge in [-0.2, -0.15) is 4.98 Å². The Morgan fingerprint density at radius 1 is 1.20 bits per heavy atom. The lowest BCUT2D eigenvalue weighted by Crippen LogP contribution is -2.45. The summed E-state index contributed by atoms with van der Waals surface area (Å²) in [5, 5.41) is 3.29. The lowest BCUT2D eigenvalue weighted by Gasteiger charge is -2.38. The van der Waals surface area contributed by atoms with E-state index in [9.17, 15) is 0 Å². The fraction of sp³-hybridized carbons (Fsp3) is 0.500. The van der Waals surface area contributed by atoms with Gasteiger partial charge in [0.15, 0.2) is 5.79 Å². The van der Waals surface area contributed by atoms with Crippen molar-refractivity contribution < 1.29 is 9.47 Å². The van der Waals surface area contributed by atoms with Gasteiger partial charge in [-0.1, -0.05) is 6.07 Å². The summed E-state index contributed by atoms with van der Waals surface area (Å²) < 4.78 is 11.6. The number of rotatable bonds is 4. The van der Waals surface area contributed by atoms with Crippen molar-refractivity contribution in [3.63, 3.8) is 0 Å². The molecule has 0 saturated carbocycles. The van der Waals surface area contributed by atoms with Crippen LogP contribution in [0.25, 0.3) is 0 Å². The van der Waals surface area contributed by atoms with Gasteiger partial charge in [-0.3, -0.25) is 4.98 Å². The standard InChI is InChI=1S/C18H23N5O2/c1-14-11-16(23-7-4-18(5-8-23)24-9-10-25-18)22-17(21-14)20-13-15-3-2-6-19-12-15/h2-3,6,11-12H,4-5,7-10,13H2,1H3,(H,20,21,22). The molecular formula is C18H23N5O2. The molecule has 7 heteroatoms. The van der Waals surface area contributed by atoms with Crippen LogP contribution in [0.3, 0.4) is 0 Å². The molecule has 1 N–H and O–H groups in total. The van der Waals surface area contributed by atoms with E-state index < -0.39 is 0 Å². The highest BCUT2D eigenvalue weighted by Crippen LogP contribution is 2.32. The third-order valence-corrected chi connectivity index (χ3v) is 4.68. The molecule has 0 radical (unpaired) electrons. The van der Waals surface area contributed by atoms with Crippen molar-refractivity contribution in [3.05, 3.63) is 41.9 Å². The fourth-order valence-corrected chi connectivity index (χ4v) is 3.34. The van der Waals surface area contributed by atoms with Crippen LogP contribution in [-0.4, -0.2) is 47.0 Å². The van der Waals surface area contributed by atoms with Gasteiger partial charge in [-0.25, -0.2) is 4.98 Å². The first-order chi connectivity index (χ1) is 12.2. The van der Waals surface area contributed by atoms with Gasteiger partial charge in [0.05, 0.1) is 13.2 Å². The number of aryl methyl sites for hydroxylation is 1. The molecule has 2 aliphatic heterocycles. The Labute approximate surface area is 147 Å². The maximum Gasteiger partial charge on any atom is 0.225 e. The summed E-state index contributed by atoms with van der Waals surface area (Å²) in [7, 11) is 0. The molecule has 2 aromatic heterocycles. The van der Waals surface area contributed by atoms with E-state index in [1.165, 1.54) is 0 Å². The largest absolute Gasteiger partial charge is 0.356 e. The Morgan fingerprint density at radius 2 is 2.00 bits per heavy atom. The van der Waals surface area contributed by atoms with Crippen LogP contribution in [-0.2, 0) is 16.0 Å². The van der Waals surface area contributed by atoms with Crippen molar-refractivity contribution in [2.75, 3.05) is 36.5 Å². The number of nitrogens with one attached hydrogen (secondary N) is 1. The van der Waals surface area contributed by atoms with Crippen molar-refractivity contribution in [1.29, 1.82) is 0 Å². The van der Waals surface area contributed by atoms with Gasteiger partial charge in [-0.15, -0.1) is 0 Å². The van der Waals surface area contributed by atoms with Crippen molar-refractivity contribution in [2.24, 2.45) is 0 Å². The average molecular weight is 341 g/mol. The number of ether oxygens (including phenoxy) is 2. The zero-order chi connectivity index (χ0) is 17.1. The van der Waals surface area contributed by atoms with Crippen LogP contribution in [0.5, 0.6) is 0 Å². The van der Waals surface area contributed by atoms with Crippen molar-refractivity contribution in [3.8, 4) is 0 Å². The van der Waals surface area contributed by atoms with E-state index in [-0.39, 0.29) is 5.79 Å². The maximum absolute atomic E-state index is 5.80. The Kier molecular flexibility index (Phi) is 4.50. The van der Waals surface area contributed by atoms with E-state index >= 15 is 0 Å². The number of nitrogens with zero attached hydrogens (tertiary/aromatic N) is 4. The smallest absolute Gasteiger partial charge is 0.225 e. The minimum atomic E-state index is -0.361. The molecule has 0 aromatic carbocycles. The molecule has 0 amide bonds. The highest BCUT2D eigenvalue weighted by Gasteiger charge is 2.40. The third-order valence-electron chi connectivity index (χ3n) is 4.68. The molecular weight excluding hydrogens is 318 g/mol. The number of anilines is 2. The van der Waals surface area contributed by atoms with Crippen LogP contribution in [0.15, 0.2) is 30.6 Å². The number of hydrogen-bond donors (Lipinski definition) is 1. The molecule has 4 rings (SSSR count). The van der Waals surface area contributed by atoms with E-state index in [1.807, 2.05) is 31.3 Å². The summed E-state index contributed by atoms with van der Waals surface area (Å²) >= 11 is 0. The molecule has 132 valence electrons. The summed E-state index contributed by atoms with van der Waals surface area (Å²) in [6.45, 7) is 5.80. The first-order valence-electron chi connectivity index (χ1n) is 8.74. The third kappa shape index (κ3) is 3.72. The second-order valence-corrected chi connectivity index (χ2v) is 6.50. The first-order valence-corrected chi connectivity index (χ1v) is 8.74. The van der Waals surface area contributed by atoms with Crippen LogP contribution in [0.2, 0.25) is 0 Å². The Bertz CT molecular complexity index is 709. The molecule has 2 aromatic rings. The quantitative estimate of drug-likeness (QED) is 0.913. The second-order valence-electron chi connectivity index (χ2n) is 6.50. The van der Waals surface area contributed by atoms with Gasteiger partial charge in [-0.05, 0) is 18.6 Å². The van der Waals surface area contributed by atoms with Crippen molar-refractivity contribution in [1.82, 2.24) is 15.0 Å². The summed E-state index contributed by atoms with van der Waals surface area (Å²) in [6.07, 6.45) is 5.35. The van der Waals surface area contributed by atoms with E-state index in [0.717, 1.165) is 43.0 Å². The summed E-state index contributed by atoms with van der Waals surface area (Å²) in [6, 6.07) is 5.99. The molecule has 0 bridgehead atoms. The fourth-order valence-electron chi connectivity index (χ4n) is 3.34. The van der Waals surface area contributed by atoms with Gasteiger partial charge < -0.3 is 19.7 Å². The average Bonchev–Trinajstić information content (AvgIpc) is 3.09. The van der Waals surface area contributed by atoms with E-state index in [2.05, 4.69) is 25.2 Å².